The summed E-state index contributed by atoms with van der Waals surface area (Å²) in [5.74, 6) is -1.70. The van der Waals surface area contributed by atoms with Crippen LogP contribution in [0.2, 0.25) is 0 Å². The van der Waals surface area contributed by atoms with E-state index in [0.717, 1.165) is 0 Å². The van der Waals surface area contributed by atoms with E-state index in [2.05, 4.69) is 0 Å². The number of carbonyl (C=O) groups excluding carboxylic acids is 4. The van der Waals surface area contributed by atoms with Gasteiger partial charge in [0.05, 0.1) is 7.11 Å². The first kappa shape index (κ1) is 30.1. The van der Waals surface area contributed by atoms with Crippen LogP contribution in [0.15, 0.2) is 18.2 Å². The summed E-state index contributed by atoms with van der Waals surface area (Å²) in [7, 11) is 1.23. The number of carbonyl (C=O) groups is 4. The molecule has 1 unspecified atom stereocenters. The van der Waals surface area contributed by atoms with E-state index < -0.39 is 35.5 Å². The quantitative estimate of drug-likeness (QED) is 0.322. The maximum atomic E-state index is 12.6. The fraction of sp³-hybridized carbons (Fsp3) is 0.615. The number of benzene rings is 1. The molecule has 9 nitrogen and oxygen atoms in total. The number of hydrogen-bond acceptors (Lipinski definition) is 9. The van der Waals surface area contributed by atoms with Crippen molar-refractivity contribution in [3.8, 4) is 11.5 Å². The molecule has 0 saturated carbocycles. The topological polar surface area (TPSA) is 131 Å². The molecule has 0 bridgehead atoms. The predicted octanol–water partition coefficient (Wildman–Crippen LogP) is 3.73. The Morgan fingerprint density at radius 3 is 1.91 bits per heavy atom. The second-order valence-corrected chi connectivity index (χ2v) is 9.61. The third-order valence-electron chi connectivity index (χ3n) is 4.99. The van der Waals surface area contributed by atoms with Gasteiger partial charge in [-0.2, -0.15) is 0 Å². The molecule has 0 saturated heterocycles. The Hall–Kier alpha value is -2.94. The average molecular weight is 494 g/mol. The molecule has 35 heavy (non-hydrogen) atoms. The number of nitrogens with two attached hydrogens (primary N) is 1. The van der Waals surface area contributed by atoms with E-state index in [0.29, 0.717) is 5.56 Å². The van der Waals surface area contributed by atoms with Crippen LogP contribution in [0.4, 0.5) is 0 Å². The molecule has 196 valence electrons. The summed E-state index contributed by atoms with van der Waals surface area (Å²) >= 11 is 0. The Bertz CT molecular complexity index is 895. The Morgan fingerprint density at radius 2 is 1.43 bits per heavy atom. The second kappa shape index (κ2) is 13.8. The summed E-state index contributed by atoms with van der Waals surface area (Å²) in [6.45, 7) is 10.9. The molecular formula is C26H39NO8. The van der Waals surface area contributed by atoms with E-state index in [1.165, 1.54) is 19.2 Å². The minimum atomic E-state index is -1.52. The van der Waals surface area contributed by atoms with Crippen molar-refractivity contribution in [3.05, 3.63) is 23.8 Å². The molecule has 1 aromatic rings. The zero-order valence-corrected chi connectivity index (χ0v) is 21.8. The Kier molecular flexibility index (Phi) is 11.9. The van der Waals surface area contributed by atoms with Gasteiger partial charge < -0.3 is 24.7 Å². The highest BCUT2D eigenvalue weighted by atomic mass is 16.6. The van der Waals surface area contributed by atoms with E-state index in [1.54, 1.807) is 19.9 Å². The number of hydrogen-bond donors (Lipinski definition) is 1. The van der Waals surface area contributed by atoms with Gasteiger partial charge in [0.25, 0.3) is 0 Å². The first-order valence-electron chi connectivity index (χ1n) is 11.9. The maximum absolute atomic E-state index is 12.6. The number of ether oxygens (including phenoxy) is 4. The second-order valence-electron chi connectivity index (χ2n) is 9.61. The van der Waals surface area contributed by atoms with Crippen molar-refractivity contribution in [1.82, 2.24) is 0 Å². The lowest BCUT2D eigenvalue weighted by Crippen LogP contribution is -2.53. The van der Waals surface area contributed by atoms with Crippen molar-refractivity contribution in [2.75, 3.05) is 7.11 Å². The maximum Gasteiger partial charge on any atom is 0.326 e. The van der Waals surface area contributed by atoms with Gasteiger partial charge in [0.1, 0.15) is 11.6 Å². The van der Waals surface area contributed by atoms with Crippen LogP contribution in [0.1, 0.15) is 72.8 Å². The van der Waals surface area contributed by atoms with Gasteiger partial charge in [0.2, 0.25) is 0 Å². The van der Waals surface area contributed by atoms with Crippen molar-refractivity contribution in [2.24, 2.45) is 17.6 Å². The zero-order valence-electron chi connectivity index (χ0n) is 21.8. The van der Waals surface area contributed by atoms with E-state index in [4.69, 9.17) is 24.7 Å². The van der Waals surface area contributed by atoms with Crippen LogP contribution in [0.5, 0.6) is 11.5 Å². The van der Waals surface area contributed by atoms with E-state index in [1.807, 2.05) is 27.7 Å². The lowest BCUT2D eigenvalue weighted by Gasteiger charge is -2.29. The summed E-state index contributed by atoms with van der Waals surface area (Å²) in [5.41, 5.74) is 5.46. The third-order valence-corrected chi connectivity index (χ3v) is 4.99. The highest BCUT2D eigenvalue weighted by molar-refractivity contribution is 5.81. The van der Waals surface area contributed by atoms with Crippen molar-refractivity contribution in [1.29, 1.82) is 0 Å². The predicted molar refractivity (Wildman–Crippen MR) is 130 cm³/mol. The lowest BCUT2D eigenvalue weighted by molar-refractivity contribution is -0.154. The molecule has 0 amide bonds. The summed E-state index contributed by atoms with van der Waals surface area (Å²) in [4.78, 5) is 48.8. The van der Waals surface area contributed by atoms with Crippen molar-refractivity contribution in [3.63, 3.8) is 0 Å². The summed E-state index contributed by atoms with van der Waals surface area (Å²) in [6.07, 6.45) is -0.0493. The standard InChI is InChI=1S/C26H39NO8/c1-8-22(28)33-18(6)14-26(27,25(31)32-7)15-19-9-10-20(34-23(29)11-16(2)3)21(13-19)35-24(30)12-17(4)5/h9-10,13,16-18H,8,11-12,14-15,27H2,1-7H3/t18-,26?/m0/s1. The number of rotatable bonds is 13. The van der Waals surface area contributed by atoms with Crippen LogP contribution in [0, 0.1) is 11.8 Å². The molecule has 1 rings (SSSR count). The minimum absolute atomic E-state index is 0.00262. The van der Waals surface area contributed by atoms with Crippen LogP contribution >= 0.6 is 0 Å². The smallest absolute Gasteiger partial charge is 0.326 e. The van der Waals surface area contributed by atoms with E-state index in [9.17, 15) is 19.2 Å². The molecule has 0 aliphatic carbocycles. The lowest BCUT2D eigenvalue weighted by atomic mass is 9.86. The molecule has 0 aliphatic heterocycles. The highest BCUT2D eigenvalue weighted by Crippen LogP contribution is 2.32. The molecule has 9 heteroatoms. The van der Waals surface area contributed by atoms with E-state index >= 15 is 0 Å². The number of esters is 4. The van der Waals surface area contributed by atoms with Crippen molar-refractivity contribution < 1.29 is 38.1 Å². The molecule has 2 N–H and O–H groups in total. The minimum Gasteiger partial charge on any atom is -0.468 e. The molecule has 0 heterocycles. The SMILES string of the molecule is CCC(=O)O[C@@H](C)CC(N)(Cc1ccc(OC(=O)CC(C)C)c(OC(=O)CC(C)C)c1)C(=O)OC. The molecule has 0 aromatic heterocycles. The van der Waals surface area contributed by atoms with Gasteiger partial charge in [0, 0.05) is 32.1 Å². The first-order valence-corrected chi connectivity index (χ1v) is 11.9. The Balaban J connectivity index is 3.26. The van der Waals surface area contributed by atoms with Crippen LogP contribution in [0.25, 0.3) is 0 Å². The van der Waals surface area contributed by atoms with Crippen LogP contribution < -0.4 is 15.2 Å². The summed E-state index contributed by atoms with van der Waals surface area (Å²) in [5, 5.41) is 0. The van der Waals surface area contributed by atoms with Gasteiger partial charge in [-0.05, 0) is 36.5 Å². The third kappa shape index (κ3) is 10.5. The molecule has 0 fully saturated rings. The average Bonchev–Trinajstić information content (AvgIpc) is 2.73. The fourth-order valence-corrected chi connectivity index (χ4v) is 3.48. The van der Waals surface area contributed by atoms with Gasteiger partial charge in [0.15, 0.2) is 11.5 Å². The van der Waals surface area contributed by atoms with Crippen molar-refractivity contribution >= 4 is 23.9 Å². The molecule has 0 spiro atoms. The molecule has 2 atom stereocenters. The normalized spacial score (nSPS) is 13.7. The molecule has 0 aliphatic rings. The zero-order chi connectivity index (χ0) is 26.8. The van der Waals surface area contributed by atoms with Crippen LogP contribution in [-0.4, -0.2) is 42.6 Å². The first-order chi connectivity index (χ1) is 16.3. The number of methoxy groups -OCH3 is 1. The molecule has 1 aromatic carbocycles. The van der Waals surface area contributed by atoms with Crippen LogP contribution in [0.3, 0.4) is 0 Å². The largest absolute Gasteiger partial charge is 0.468 e. The summed E-state index contributed by atoms with van der Waals surface area (Å²) < 4.78 is 21.1. The van der Waals surface area contributed by atoms with E-state index in [-0.39, 0.29) is 55.4 Å². The Labute approximate surface area is 207 Å². The van der Waals surface area contributed by atoms with Gasteiger partial charge >= 0.3 is 23.9 Å². The van der Waals surface area contributed by atoms with Gasteiger partial charge in [-0.15, -0.1) is 0 Å². The molecule has 0 radical (unpaired) electrons. The van der Waals surface area contributed by atoms with Gasteiger partial charge in [-0.25, -0.2) is 0 Å². The monoisotopic (exact) mass is 493 g/mol. The summed E-state index contributed by atoms with van der Waals surface area (Å²) in [6, 6.07) is 4.65. The fourth-order valence-electron chi connectivity index (χ4n) is 3.48. The van der Waals surface area contributed by atoms with Gasteiger partial charge in [-0.1, -0.05) is 40.7 Å². The Morgan fingerprint density at radius 1 is 0.886 bits per heavy atom. The van der Waals surface area contributed by atoms with Crippen molar-refractivity contribution in [2.45, 2.75) is 85.3 Å². The van der Waals surface area contributed by atoms with Crippen LogP contribution in [-0.2, 0) is 35.1 Å². The van der Waals surface area contributed by atoms with Gasteiger partial charge in [-0.3, -0.25) is 19.2 Å². The highest BCUT2D eigenvalue weighted by Gasteiger charge is 2.38. The molecular weight excluding hydrogens is 454 g/mol.